The molecule has 0 saturated carbocycles. The number of benzene rings is 1. The lowest BCUT2D eigenvalue weighted by Gasteiger charge is -2.10. The quantitative estimate of drug-likeness (QED) is 0.790. The van der Waals surface area contributed by atoms with E-state index in [1.165, 1.54) is 11.8 Å². The zero-order chi connectivity index (χ0) is 17.0. The molecule has 4 N–H and O–H groups in total. The lowest BCUT2D eigenvalue weighted by Crippen LogP contribution is -2.56. The number of nitrogens with one attached hydrogen (secondary N) is 1. The number of nitrogens with zero attached hydrogens (tertiary/aromatic N) is 2. The maximum absolute atomic E-state index is 12.1. The Hall–Kier alpha value is -1.86. The molecule has 0 radical (unpaired) electrons. The molecule has 7 heteroatoms. The summed E-state index contributed by atoms with van der Waals surface area (Å²) in [5.41, 5.74) is 6.95. The van der Waals surface area contributed by atoms with Crippen LogP contribution in [0, 0.1) is 19.8 Å². The number of rotatable bonds is 6. The van der Waals surface area contributed by atoms with Crippen LogP contribution in [-0.4, -0.2) is 21.9 Å². The standard InChI is InChI=1S/C16H22N4O2S/c1-9(2)13(17)15-19-20-16(22-15)23-8-12(21)18-14-10(3)6-5-7-11(14)4/h5-7,9,13H,8,17H2,1-4H3,(H,18,21)/p+1/t13-/m0/s1. The minimum absolute atomic E-state index is 0.0414. The summed E-state index contributed by atoms with van der Waals surface area (Å²) in [4.78, 5) is 12.1. The Bertz CT molecular complexity index is 664. The Morgan fingerprint density at radius 3 is 2.57 bits per heavy atom. The van der Waals surface area contributed by atoms with E-state index in [0.717, 1.165) is 16.8 Å². The van der Waals surface area contributed by atoms with Gasteiger partial charge in [-0.05, 0) is 25.0 Å². The van der Waals surface area contributed by atoms with Gasteiger partial charge in [-0.15, -0.1) is 10.2 Å². The van der Waals surface area contributed by atoms with E-state index >= 15 is 0 Å². The Morgan fingerprint density at radius 1 is 1.30 bits per heavy atom. The summed E-state index contributed by atoms with van der Waals surface area (Å²) in [5.74, 6) is 0.958. The molecule has 1 atom stereocenters. The second-order valence-electron chi connectivity index (χ2n) is 5.86. The molecule has 0 bridgehead atoms. The molecule has 2 aromatic rings. The fourth-order valence-electron chi connectivity index (χ4n) is 2.03. The molecule has 1 amide bonds. The summed E-state index contributed by atoms with van der Waals surface area (Å²) in [5, 5.41) is 11.3. The van der Waals surface area contributed by atoms with E-state index in [4.69, 9.17) is 4.42 Å². The van der Waals surface area contributed by atoms with Crippen molar-refractivity contribution in [2.24, 2.45) is 5.92 Å². The number of thioether (sulfide) groups is 1. The van der Waals surface area contributed by atoms with Gasteiger partial charge in [-0.25, -0.2) is 0 Å². The third kappa shape index (κ3) is 4.56. The molecule has 6 nitrogen and oxygen atoms in total. The van der Waals surface area contributed by atoms with Crippen LogP contribution in [0.15, 0.2) is 27.8 Å². The van der Waals surface area contributed by atoms with Gasteiger partial charge in [0.15, 0.2) is 6.04 Å². The molecular weight excluding hydrogens is 312 g/mol. The topological polar surface area (TPSA) is 95.7 Å². The highest BCUT2D eigenvalue weighted by atomic mass is 32.2. The van der Waals surface area contributed by atoms with E-state index in [1.54, 1.807) is 0 Å². The number of hydrogen-bond acceptors (Lipinski definition) is 5. The number of anilines is 1. The van der Waals surface area contributed by atoms with Crippen LogP contribution in [0.25, 0.3) is 0 Å². The summed E-state index contributed by atoms with van der Waals surface area (Å²) in [7, 11) is 0. The number of amides is 1. The summed E-state index contributed by atoms with van der Waals surface area (Å²) in [6.07, 6.45) is 0. The van der Waals surface area contributed by atoms with Gasteiger partial charge in [0.25, 0.3) is 11.1 Å². The van der Waals surface area contributed by atoms with Crippen molar-refractivity contribution in [1.82, 2.24) is 10.2 Å². The number of aromatic nitrogens is 2. The Morgan fingerprint density at radius 2 is 1.96 bits per heavy atom. The van der Waals surface area contributed by atoms with Crippen molar-refractivity contribution in [3.63, 3.8) is 0 Å². The second kappa shape index (κ2) is 7.61. The molecule has 0 aliphatic carbocycles. The van der Waals surface area contributed by atoms with Gasteiger partial charge in [-0.1, -0.05) is 43.8 Å². The van der Waals surface area contributed by atoms with E-state index in [-0.39, 0.29) is 17.7 Å². The zero-order valence-corrected chi connectivity index (χ0v) is 14.7. The van der Waals surface area contributed by atoms with Crippen molar-refractivity contribution >= 4 is 23.4 Å². The monoisotopic (exact) mass is 335 g/mol. The number of hydrogen-bond donors (Lipinski definition) is 2. The van der Waals surface area contributed by atoms with Crippen LogP contribution in [0.3, 0.4) is 0 Å². The average molecular weight is 335 g/mol. The highest BCUT2D eigenvalue weighted by molar-refractivity contribution is 7.99. The third-order valence-electron chi connectivity index (χ3n) is 3.62. The summed E-state index contributed by atoms with van der Waals surface area (Å²) in [6.45, 7) is 8.04. The van der Waals surface area contributed by atoms with Crippen molar-refractivity contribution in [1.29, 1.82) is 0 Å². The van der Waals surface area contributed by atoms with Crippen molar-refractivity contribution in [2.75, 3.05) is 11.1 Å². The van der Waals surface area contributed by atoms with Gasteiger partial charge in [0.2, 0.25) is 5.91 Å². The number of carbonyl (C=O) groups excluding carboxylic acids is 1. The molecule has 0 spiro atoms. The summed E-state index contributed by atoms with van der Waals surface area (Å²) >= 11 is 1.23. The van der Waals surface area contributed by atoms with Crippen molar-refractivity contribution in [3.05, 3.63) is 35.2 Å². The molecule has 0 saturated heterocycles. The van der Waals surface area contributed by atoms with Crippen LogP contribution in [0.2, 0.25) is 0 Å². The molecule has 23 heavy (non-hydrogen) atoms. The molecule has 1 aromatic heterocycles. The minimum Gasteiger partial charge on any atom is -0.410 e. The molecule has 0 aliphatic heterocycles. The SMILES string of the molecule is Cc1cccc(C)c1NC(=O)CSc1nnc([C@@H]([NH3+])C(C)C)o1. The fourth-order valence-corrected chi connectivity index (χ4v) is 2.60. The molecular formula is C16H23N4O2S+. The number of para-hydroxylation sites is 1. The lowest BCUT2D eigenvalue weighted by molar-refractivity contribution is -0.443. The first-order valence-corrected chi connectivity index (χ1v) is 8.52. The van der Waals surface area contributed by atoms with Crippen LogP contribution in [0.5, 0.6) is 0 Å². The first-order valence-electron chi connectivity index (χ1n) is 7.53. The number of aryl methyl sites for hydroxylation is 2. The summed E-state index contributed by atoms with van der Waals surface area (Å²) in [6, 6.07) is 5.87. The molecule has 0 aliphatic rings. The smallest absolute Gasteiger partial charge is 0.277 e. The predicted molar refractivity (Wildman–Crippen MR) is 90.0 cm³/mol. The third-order valence-corrected chi connectivity index (χ3v) is 4.43. The van der Waals surface area contributed by atoms with Gasteiger partial charge >= 0.3 is 0 Å². The average Bonchev–Trinajstić information content (AvgIpc) is 2.97. The van der Waals surface area contributed by atoms with Gasteiger partial charge in [-0.3, -0.25) is 4.79 Å². The normalized spacial score (nSPS) is 12.4. The predicted octanol–water partition coefficient (Wildman–Crippen LogP) is 2.36. The molecule has 1 heterocycles. The van der Waals surface area contributed by atoms with Crippen LogP contribution < -0.4 is 11.1 Å². The Labute approximate surface area is 140 Å². The highest BCUT2D eigenvalue weighted by Crippen LogP contribution is 2.23. The van der Waals surface area contributed by atoms with Gasteiger partial charge in [0.05, 0.1) is 5.75 Å². The Balaban J connectivity index is 1.92. The molecule has 0 unspecified atom stereocenters. The Kier molecular flexibility index (Phi) is 5.79. The van der Waals surface area contributed by atoms with Crippen molar-refractivity contribution in [2.45, 2.75) is 39.0 Å². The highest BCUT2D eigenvalue weighted by Gasteiger charge is 2.21. The maximum Gasteiger partial charge on any atom is 0.277 e. The number of carbonyl (C=O) groups is 1. The van der Waals surface area contributed by atoms with Gasteiger partial charge in [0, 0.05) is 11.6 Å². The maximum atomic E-state index is 12.1. The lowest BCUT2D eigenvalue weighted by atomic mass is 10.1. The second-order valence-corrected chi connectivity index (χ2v) is 6.79. The van der Waals surface area contributed by atoms with Crippen LogP contribution in [0.4, 0.5) is 5.69 Å². The van der Waals surface area contributed by atoms with E-state index in [0.29, 0.717) is 17.0 Å². The van der Waals surface area contributed by atoms with E-state index in [9.17, 15) is 4.79 Å². The van der Waals surface area contributed by atoms with Gasteiger partial charge in [-0.2, -0.15) is 0 Å². The van der Waals surface area contributed by atoms with Gasteiger partial charge in [0.1, 0.15) is 0 Å². The molecule has 0 fully saturated rings. The fraction of sp³-hybridized carbons (Fsp3) is 0.438. The molecule has 2 rings (SSSR count). The minimum atomic E-state index is -0.0952. The van der Waals surface area contributed by atoms with E-state index in [1.807, 2.05) is 45.9 Å². The molecule has 124 valence electrons. The van der Waals surface area contributed by atoms with Crippen LogP contribution in [-0.2, 0) is 4.79 Å². The first-order chi connectivity index (χ1) is 10.9. The van der Waals surface area contributed by atoms with E-state index < -0.39 is 0 Å². The largest absolute Gasteiger partial charge is 0.410 e. The zero-order valence-electron chi connectivity index (χ0n) is 13.9. The van der Waals surface area contributed by atoms with Crippen molar-refractivity contribution < 1.29 is 14.9 Å². The first kappa shape index (κ1) is 17.5. The number of quaternary nitrogens is 1. The van der Waals surface area contributed by atoms with Gasteiger partial charge < -0.3 is 15.5 Å². The van der Waals surface area contributed by atoms with Crippen LogP contribution >= 0.6 is 11.8 Å². The molecule has 1 aromatic carbocycles. The summed E-state index contributed by atoms with van der Waals surface area (Å²) < 4.78 is 5.55. The van der Waals surface area contributed by atoms with Crippen molar-refractivity contribution in [3.8, 4) is 0 Å². The van der Waals surface area contributed by atoms with Crippen LogP contribution in [0.1, 0.15) is 36.9 Å². The van der Waals surface area contributed by atoms with E-state index in [2.05, 4.69) is 21.2 Å².